The molecule has 12 rings (SSSR count). The molecule has 4 aliphatic carbocycles. The minimum Gasteiger partial charge on any atom is -0.711 e. The van der Waals surface area contributed by atoms with Gasteiger partial charge in [-0.25, -0.2) is 0 Å². The normalized spacial score (nSPS) is 37.2. The number of aliphatic hydroxyl groups is 4. The monoisotopic (exact) mass is 1370 g/mol. The topological polar surface area (TPSA) is 434 Å². The fraction of sp³-hybridized carbons (Fsp3) is 0.603. The van der Waals surface area contributed by atoms with Gasteiger partial charge in [0.25, 0.3) is 0 Å². The van der Waals surface area contributed by atoms with Gasteiger partial charge in [-0.15, -0.1) is 0 Å². The molecule has 0 aromatic heterocycles. The molecule has 4 heterocycles. The van der Waals surface area contributed by atoms with Crippen LogP contribution in [0.2, 0.25) is 0 Å². The molecule has 8 aliphatic rings. The molecule has 4 saturated heterocycles. The van der Waals surface area contributed by atoms with Crippen molar-refractivity contribution < 1.29 is 112 Å². The zero-order chi connectivity index (χ0) is 71.1. The first-order chi connectivity index (χ1) is 46.4. The van der Waals surface area contributed by atoms with E-state index in [-0.39, 0.29) is 25.7 Å². The minimum absolute atomic E-state index is 0.344. The maximum Gasteiger partial charge on any atom is 0.333 e. The molecule has 8 N–H and O–H groups in total. The summed E-state index contributed by atoms with van der Waals surface area (Å²) in [6.45, 7) is 9.35. The Labute approximate surface area is 560 Å². The van der Waals surface area contributed by atoms with Crippen molar-refractivity contribution in [2.45, 2.75) is 208 Å². The average molecular weight is 1370 g/mol. The van der Waals surface area contributed by atoms with E-state index in [1.165, 1.54) is 41.9 Å². The third-order valence-electron chi connectivity index (χ3n) is 21.7. The van der Waals surface area contributed by atoms with Crippen LogP contribution in [-0.4, -0.2) is 237 Å². The van der Waals surface area contributed by atoms with Gasteiger partial charge in [0.1, 0.15) is 64.0 Å². The molecule has 4 aromatic carbocycles. The first-order valence-corrected chi connectivity index (χ1v) is 32.7. The number of hydrogen-bond acceptors (Lipinski definition) is 27. The Morgan fingerprint density at radius 2 is 1.00 bits per heavy atom. The van der Waals surface area contributed by atoms with Crippen molar-refractivity contribution in [3.05, 3.63) is 100 Å². The van der Waals surface area contributed by atoms with E-state index in [0.717, 1.165) is 24.3 Å². The predicted molar refractivity (Wildman–Crippen MR) is 339 cm³/mol. The van der Waals surface area contributed by atoms with Crippen LogP contribution in [-0.2, 0) is 52.2 Å². The summed E-state index contributed by atoms with van der Waals surface area (Å²) in [5.74, 6) is -13.5. The summed E-state index contributed by atoms with van der Waals surface area (Å²) in [5.41, 5.74) is 10.9. The summed E-state index contributed by atoms with van der Waals surface area (Å²) >= 11 is 0. The Bertz CT molecular complexity index is 4200. The quantitative estimate of drug-likeness (QED) is 0.0454. The summed E-state index contributed by atoms with van der Waals surface area (Å²) in [6, 6.07) is -1.74. The third-order valence-corrected chi connectivity index (χ3v) is 21.7. The first kappa shape index (κ1) is 70.8. The maximum absolute atomic E-state index is 17.9. The second-order valence-electron chi connectivity index (χ2n) is 27.3. The molecule has 30 heteroatoms. The van der Waals surface area contributed by atoms with Crippen LogP contribution in [0.15, 0.2) is 44.6 Å². The molecule has 4 fully saturated rings. The number of phenolic OH excluding ortho intramolecular Hbond substituents is 4. The number of carbonyl (C=O) groups excluding carboxylic acids is 4. The SMILES string of the molecule is CCC1(OC2CC(OC)C(O)C(C)O2)C(OC2CC(O)C(N(C)C)C(C)O2)C2=C(C(=O)C1C1C(=O)c3c(c(=[N+]=[N-])c4c(O)c5c(=O)ccc(=O)c5c(O)c34)C(OC3CC(O)C(N(C)C)C(C)O3)C1(CC)OC1CC(OC)C(O)C(C)O1)c1c(O)c3c(c(O)c1C2N=[N-])C(=O)C=CC3=O. The first-order valence-electron chi connectivity index (χ1n) is 32.7. The van der Waals surface area contributed by atoms with Crippen LogP contribution in [0.25, 0.3) is 38.2 Å². The van der Waals surface area contributed by atoms with Crippen molar-refractivity contribution in [2.75, 3.05) is 42.4 Å². The van der Waals surface area contributed by atoms with Gasteiger partial charge in [0.2, 0.25) is 0 Å². The van der Waals surface area contributed by atoms with Crippen molar-refractivity contribution in [1.29, 1.82) is 0 Å². The van der Waals surface area contributed by atoms with Gasteiger partial charge < -0.3 is 114 Å². The maximum atomic E-state index is 17.9. The molecule has 4 aliphatic heterocycles. The number of likely N-dealkylation sites (N-methyl/N-ethyl adjacent to an activating group) is 2. The summed E-state index contributed by atoms with van der Waals surface area (Å²) in [6.07, 6.45) is -22.7. The number of ketones is 4. The highest BCUT2D eigenvalue weighted by Gasteiger charge is 2.72. The Balaban J connectivity index is 1.24. The Kier molecular flexibility index (Phi) is 18.9. The lowest BCUT2D eigenvalue weighted by Crippen LogP contribution is -2.70. The molecular weight excluding hydrogens is 1280 g/mol. The second-order valence-corrected chi connectivity index (χ2v) is 27.3. The predicted octanol–water partition coefficient (Wildman–Crippen LogP) is 2.67. The van der Waals surface area contributed by atoms with Crippen molar-refractivity contribution in [1.82, 2.24) is 9.80 Å². The van der Waals surface area contributed by atoms with E-state index >= 15 is 9.59 Å². The standard InChI is InChI=1S/C68H81N6O24/c1-13-67(97-37-21-33(89-11)57(81)25(5)93-37)51(63(87)45-43-47(61(85)41-29(77)17-15-27(75)39(41)59(43)83)53(71-69)49(45)65(67)95-35-19-31(79)55(73(7)8)23(3)91-35)52-64(88)46-44-48(62(86)42-30(78)18-16-28(76)40(42)60(44)84)54(72-70)50(46)66(96-36-20-32(80)56(74(9)10)24(4)92-36)68(52,14-2)98-38-22-34(90-12)58(82)26(6)94-38/h15-18,23-26,31-38,51-53,55-58,65-66,79-86H,13-14,19-22H2,1-12H3/q-1. The van der Waals surface area contributed by atoms with Gasteiger partial charge in [-0.3, -0.25) is 28.8 Å². The zero-order valence-corrected chi connectivity index (χ0v) is 56.0. The summed E-state index contributed by atoms with van der Waals surface area (Å²) in [4.78, 5) is 99.0. The number of methoxy groups -OCH3 is 2. The van der Waals surface area contributed by atoms with Crippen molar-refractivity contribution >= 4 is 50.3 Å². The molecular formula is C68H81N6O24-. The molecule has 0 radical (unpaired) electrons. The van der Waals surface area contributed by atoms with Crippen LogP contribution in [0.3, 0.4) is 0 Å². The van der Waals surface area contributed by atoms with Gasteiger partial charge in [-0.2, -0.15) is 4.79 Å². The lowest BCUT2D eigenvalue weighted by Gasteiger charge is -2.58. The van der Waals surface area contributed by atoms with Gasteiger partial charge in [-0.1, -0.05) is 13.8 Å². The van der Waals surface area contributed by atoms with E-state index in [4.69, 9.17) is 47.4 Å². The highest BCUT2D eigenvalue weighted by atomic mass is 16.7. The number of fused-ring (bicyclic) bond motifs is 7. The van der Waals surface area contributed by atoms with E-state index in [2.05, 4.69) is 9.90 Å². The number of hydrogen-bond donors (Lipinski definition) is 8. The number of aliphatic hydroxyl groups excluding tert-OH is 4. The largest absolute Gasteiger partial charge is 0.711 e. The number of Topliss-reactive ketones (excluding diaryl/α,β-unsaturated/α-hetero) is 2. The fourth-order valence-electron chi connectivity index (χ4n) is 17.4. The molecule has 30 nitrogen and oxygen atoms in total. The number of carbonyl (C=O) groups is 4. The van der Waals surface area contributed by atoms with Crippen LogP contribution < -0.4 is 16.2 Å². The number of allylic oxidation sites excluding steroid dienone is 3. The van der Waals surface area contributed by atoms with Crippen molar-refractivity contribution in [3.8, 4) is 23.0 Å². The molecule has 0 spiro atoms. The highest BCUT2D eigenvalue weighted by Crippen LogP contribution is 2.66. The lowest BCUT2D eigenvalue weighted by atomic mass is 9.54. The average Bonchev–Trinajstić information content (AvgIpc) is 1.42. The van der Waals surface area contributed by atoms with Gasteiger partial charge in [0.15, 0.2) is 59.2 Å². The van der Waals surface area contributed by atoms with Crippen LogP contribution in [0, 0.1) is 11.8 Å². The van der Waals surface area contributed by atoms with Crippen LogP contribution in [0.5, 0.6) is 23.0 Å². The van der Waals surface area contributed by atoms with Crippen LogP contribution >= 0.6 is 0 Å². The summed E-state index contributed by atoms with van der Waals surface area (Å²) < 4.78 is 67.6. The van der Waals surface area contributed by atoms with Gasteiger partial charge in [0.05, 0.1) is 106 Å². The number of phenols is 4. The second kappa shape index (κ2) is 26.2. The highest BCUT2D eigenvalue weighted by molar-refractivity contribution is 6.32. The Morgan fingerprint density at radius 3 is 1.44 bits per heavy atom. The fourth-order valence-corrected chi connectivity index (χ4v) is 17.4. The minimum atomic E-state index is -2.66. The van der Waals surface area contributed by atoms with Gasteiger partial charge in [0, 0.05) is 73.1 Å². The van der Waals surface area contributed by atoms with E-state index < -0.39 is 281 Å². The van der Waals surface area contributed by atoms with Gasteiger partial charge >= 0.3 is 5.36 Å². The number of aromatic hydroxyl groups is 4. The van der Waals surface area contributed by atoms with Crippen LogP contribution in [0.4, 0.5) is 0 Å². The molecule has 98 heavy (non-hydrogen) atoms. The van der Waals surface area contributed by atoms with E-state index in [0.29, 0.717) is 0 Å². The zero-order valence-electron chi connectivity index (χ0n) is 56.0. The molecule has 528 valence electrons. The van der Waals surface area contributed by atoms with Crippen LogP contribution in [0.1, 0.15) is 140 Å². The number of nitrogens with zero attached hydrogens (tertiary/aromatic N) is 6. The summed E-state index contributed by atoms with van der Waals surface area (Å²) in [5, 5.41) is 98.4. The molecule has 0 amide bonds. The molecule has 0 saturated carbocycles. The lowest BCUT2D eigenvalue weighted by molar-refractivity contribution is -0.349. The molecule has 0 bridgehead atoms. The molecule has 4 aromatic rings. The molecule has 23 atom stereocenters. The third kappa shape index (κ3) is 10.6. The van der Waals surface area contributed by atoms with E-state index in [1.807, 2.05) is 0 Å². The number of benzene rings is 3. The van der Waals surface area contributed by atoms with Gasteiger partial charge in [-0.05, 0) is 93.0 Å². The van der Waals surface area contributed by atoms with E-state index in [1.54, 1.807) is 51.8 Å². The van der Waals surface area contributed by atoms with Crippen molar-refractivity contribution in [2.24, 2.45) is 17.0 Å². The smallest absolute Gasteiger partial charge is 0.333 e. The number of ether oxygens (including phenoxy) is 10. The number of rotatable bonds is 16. The van der Waals surface area contributed by atoms with Crippen molar-refractivity contribution in [3.63, 3.8) is 0 Å². The van der Waals surface area contributed by atoms with E-state index in [9.17, 15) is 71.1 Å². The Morgan fingerprint density at radius 1 is 0.561 bits per heavy atom. The summed E-state index contributed by atoms with van der Waals surface area (Å²) in [7, 11) is 9.49. The molecule has 23 unspecified atom stereocenters. The Hall–Kier alpha value is -7.04.